The van der Waals surface area contributed by atoms with Crippen LogP contribution in [0.5, 0.6) is 0 Å². The van der Waals surface area contributed by atoms with Crippen LogP contribution in [0.15, 0.2) is 33.5 Å². The van der Waals surface area contributed by atoms with E-state index in [4.69, 9.17) is 4.42 Å². The predicted molar refractivity (Wildman–Crippen MR) is 92.2 cm³/mol. The van der Waals surface area contributed by atoms with Crippen molar-refractivity contribution in [1.82, 2.24) is 5.32 Å². The molecule has 2 N–H and O–H groups in total. The van der Waals surface area contributed by atoms with E-state index in [-0.39, 0.29) is 12.1 Å². The molecule has 0 spiro atoms. The number of aryl methyl sites for hydroxylation is 1. The van der Waals surface area contributed by atoms with Gasteiger partial charge >= 0.3 is 5.63 Å². The molecular formula is C19H23NO4. The first kappa shape index (κ1) is 16.7. The fraction of sp³-hybridized carbons (Fsp3) is 0.474. The summed E-state index contributed by atoms with van der Waals surface area (Å²) in [6.45, 7) is 1.91. The van der Waals surface area contributed by atoms with Gasteiger partial charge < -0.3 is 14.8 Å². The molecule has 0 saturated heterocycles. The van der Waals surface area contributed by atoms with Gasteiger partial charge in [0.2, 0.25) is 0 Å². The quantitative estimate of drug-likeness (QED) is 0.670. The lowest BCUT2D eigenvalue weighted by Crippen LogP contribution is -2.43. The minimum absolute atomic E-state index is 0.0194. The fourth-order valence-electron chi connectivity index (χ4n) is 3.46. The van der Waals surface area contributed by atoms with Crippen molar-refractivity contribution in [3.8, 4) is 0 Å². The summed E-state index contributed by atoms with van der Waals surface area (Å²) >= 11 is 0. The van der Waals surface area contributed by atoms with Crippen LogP contribution < -0.4 is 10.9 Å². The van der Waals surface area contributed by atoms with Crippen LogP contribution in [0, 0.1) is 6.92 Å². The van der Waals surface area contributed by atoms with Gasteiger partial charge in [-0.2, -0.15) is 0 Å². The number of carbonyl (C=O) groups excluding carboxylic acids is 1. The average molecular weight is 329 g/mol. The summed E-state index contributed by atoms with van der Waals surface area (Å²) in [7, 11) is 0. The van der Waals surface area contributed by atoms with Gasteiger partial charge in [-0.1, -0.05) is 43.9 Å². The van der Waals surface area contributed by atoms with E-state index in [1.54, 1.807) is 19.1 Å². The van der Waals surface area contributed by atoms with E-state index in [1.807, 2.05) is 12.1 Å². The number of hydrogen-bond donors (Lipinski definition) is 2. The zero-order chi connectivity index (χ0) is 17.2. The summed E-state index contributed by atoms with van der Waals surface area (Å²) in [5.41, 5.74) is -0.425. The van der Waals surface area contributed by atoms with Crippen molar-refractivity contribution in [3.63, 3.8) is 0 Å². The largest absolute Gasteiger partial charge is 0.422 e. The molecule has 0 unspecified atom stereocenters. The molecule has 3 rings (SSSR count). The predicted octanol–water partition coefficient (Wildman–Crippen LogP) is 2.92. The van der Waals surface area contributed by atoms with E-state index < -0.39 is 17.1 Å². The molecule has 0 aliphatic heterocycles. The van der Waals surface area contributed by atoms with Crippen molar-refractivity contribution in [2.24, 2.45) is 0 Å². The van der Waals surface area contributed by atoms with E-state index in [0.717, 1.165) is 31.1 Å². The molecule has 128 valence electrons. The second-order valence-corrected chi connectivity index (χ2v) is 6.71. The van der Waals surface area contributed by atoms with Crippen LogP contribution in [0.2, 0.25) is 0 Å². The van der Waals surface area contributed by atoms with Crippen LogP contribution in [0.4, 0.5) is 0 Å². The summed E-state index contributed by atoms with van der Waals surface area (Å²) in [6, 6.07) is 7.15. The summed E-state index contributed by atoms with van der Waals surface area (Å²) in [4.78, 5) is 24.7. The lowest BCUT2D eigenvalue weighted by molar-refractivity contribution is 0.0246. The number of benzene rings is 1. The maximum Gasteiger partial charge on any atom is 0.349 e. The van der Waals surface area contributed by atoms with E-state index in [9.17, 15) is 14.7 Å². The van der Waals surface area contributed by atoms with Gasteiger partial charge in [-0.15, -0.1) is 0 Å². The molecule has 1 amide bonds. The third kappa shape index (κ3) is 3.36. The Morgan fingerprint density at radius 3 is 2.58 bits per heavy atom. The topological polar surface area (TPSA) is 79.5 Å². The lowest BCUT2D eigenvalue weighted by atomic mass is 9.94. The Hall–Kier alpha value is -2.14. The van der Waals surface area contributed by atoms with Crippen LogP contribution in [-0.2, 0) is 0 Å². The number of fused-ring (bicyclic) bond motifs is 1. The maximum atomic E-state index is 12.5. The molecule has 5 heteroatoms. The van der Waals surface area contributed by atoms with Gasteiger partial charge in [0, 0.05) is 11.9 Å². The molecule has 1 fully saturated rings. The third-order valence-corrected chi connectivity index (χ3v) is 4.91. The van der Waals surface area contributed by atoms with Gasteiger partial charge in [0.1, 0.15) is 11.1 Å². The Balaban J connectivity index is 1.82. The Morgan fingerprint density at radius 1 is 1.21 bits per heavy atom. The third-order valence-electron chi connectivity index (χ3n) is 4.91. The normalized spacial score (nSPS) is 17.4. The monoisotopic (exact) mass is 329 g/mol. The van der Waals surface area contributed by atoms with Crippen LogP contribution >= 0.6 is 0 Å². The molecule has 2 aromatic rings. The fourth-order valence-corrected chi connectivity index (χ4v) is 3.46. The Kier molecular flexibility index (Phi) is 4.71. The molecule has 1 aliphatic rings. The van der Waals surface area contributed by atoms with Crippen molar-refractivity contribution >= 4 is 16.9 Å². The molecule has 24 heavy (non-hydrogen) atoms. The Morgan fingerprint density at radius 2 is 1.88 bits per heavy atom. The summed E-state index contributed by atoms with van der Waals surface area (Å²) in [5.74, 6) is -0.482. The number of rotatable bonds is 3. The lowest BCUT2D eigenvalue weighted by Gasteiger charge is -2.26. The smallest absolute Gasteiger partial charge is 0.349 e. The van der Waals surface area contributed by atoms with Crippen LogP contribution in [0.1, 0.15) is 54.4 Å². The highest BCUT2D eigenvalue weighted by Gasteiger charge is 2.29. The summed E-state index contributed by atoms with van der Waals surface area (Å²) in [6.07, 6.45) is 5.51. The van der Waals surface area contributed by atoms with Gasteiger partial charge in [0.25, 0.3) is 5.91 Å². The van der Waals surface area contributed by atoms with Crippen LogP contribution in [0.25, 0.3) is 11.0 Å². The minimum Gasteiger partial charge on any atom is -0.422 e. The summed E-state index contributed by atoms with van der Waals surface area (Å²) < 4.78 is 5.25. The molecule has 0 atom stereocenters. The first-order valence-corrected chi connectivity index (χ1v) is 8.53. The van der Waals surface area contributed by atoms with Crippen molar-refractivity contribution < 1.29 is 14.3 Å². The number of hydrogen-bond acceptors (Lipinski definition) is 4. The van der Waals surface area contributed by atoms with Crippen molar-refractivity contribution in [3.05, 3.63) is 45.8 Å². The van der Waals surface area contributed by atoms with Crippen molar-refractivity contribution in [1.29, 1.82) is 0 Å². The van der Waals surface area contributed by atoms with Crippen molar-refractivity contribution in [2.45, 2.75) is 51.0 Å². The molecule has 1 aliphatic carbocycles. The van der Waals surface area contributed by atoms with E-state index in [1.165, 1.54) is 0 Å². The van der Waals surface area contributed by atoms with Gasteiger partial charge in [0.15, 0.2) is 0 Å². The number of nitrogens with one attached hydrogen (secondary N) is 1. The molecule has 0 radical (unpaired) electrons. The highest BCUT2D eigenvalue weighted by atomic mass is 16.4. The second-order valence-electron chi connectivity index (χ2n) is 6.71. The van der Waals surface area contributed by atoms with Crippen LogP contribution in [-0.4, -0.2) is 23.2 Å². The number of amides is 1. The molecule has 5 nitrogen and oxygen atoms in total. The first-order chi connectivity index (χ1) is 11.5. The van der Waals surface area contributed by atoms with Gasteiger partial charge in [-0.05, 0) is 31.4 Å². The van der Waals surface area contributed by atoms with Crippen LogP contribution in [0.3, 0.4) is 0 Å². The molecule has 0 bridgehead atoms. The zero-order valence-corrected chi connectivity index (χ0v) is 13.9. The van der Waals surface area contributed by atoms with Gasteiger partial charge in [-0.3, -0.25) is 4.79 Å². The molecular weight excluding hydrogens is 306 g/mol. The molecule has 1 saturated carbocycles. The Bertz CT molecular complexity index is 801. The molecule has 1 aromatic heterocycles. The highest BCUT2D eigenvalue weighted by molar-refractivity contribution is 5.99. The number of carbonyl (C=O) groups is 1. The van der Waals surface area contributed by atoms with E-state index >= 15 is 0 Å². The number of aliphatic hydroxyl groups is 1. The zero-order valence-electron chi connectivity index (χ0n) is 13.9. The molecule has 1 heterocycles. The number of para-hydroxylation sites is 1. The minimum atomic E-state index is -0.878. The first-order valence-electron chi connectivity index (χ1n) is 8.53. The maximum absolute atomic E-state index is 12.5. The van der Waals surface area contributed by atoms with Crippen molar-refractivity contribution in [2.75, 3.05) is 6.54 Å². The average Bonchev–Trinajstić information content (AvgIpc) is 2.78. The second kappa shape index (κ2) is 6.77. The Labute approximate surface area is 140 Å². The highest BCUT2D eigenvalue weighted by Crippen LogP contribution is 2.26. The summed E-state index contributed by atoms with van der Waals surface area (Å²) in [5, 5.41) is 14.1. The SMILES string of the molecule is Cc1c(C(=O)NCC2(O)CCCCCC2)c(=O)oc2ccccc12. The standard InChI is InChI=1S/C19H23NO4/c1-13-14-8-4-5-9-15(14)24-18(22)16(13)17(21)20-12-19(23)10-6-2-3-7-11-19/h4-5,8-9,23H,2-3,6-7,10-12H2,1H3,(H,20,21). The van der Waals surface area contributed by atoms with E-state index in [2.05, 4.69) is 5.32 Å². The van der Waals surface area contributed by atoms with E-state index in [0.29, 0.717) is 24.0 Å². The van der Waals surface area contributed by atoms with Gasteiger partial charge in [0.05, 0.1) is 5.60 Å². The van der Waals surface area contributed by atoms with Gasteiger partial charge in [-0.25, -0.2) is 4.79 Å². The molecule has 1 aromatic carbocycles.